The number of hydrogen-bond donors (Lipinski definition) is 1. The second-order valence-electron chi connectivity index (χ2n) is 6.75. The van der Waals surface area contributed by atoms with Crippen LogP contribution in [0.3, 0.4) is 0 Å². The molecule has 5 nitrogen and oxygen atoms in total. The molecule has 27 heavy (non-hydrogen) atoms. The van der Waals surface area contributed by atoms with Gasteiger partial charge in [-0.2, -0.15) is 0 Å². The highest BCUT2D eigenvalue weighted by atomic mass is 16.3. The Labute approximate surface area is 159 Å². The molecule has 0 saturated carbocycles. The summed E-state index contributed by atoms with van der Waals surface area (Å²) in [6.07, 6.45) is 2.85. The van der Waals surface area contributed by atoms with Gasteiger partial charge in [0, 0.05) is 31.6 Å². The van der Waals surface area contributed by atoms with Gasteiger partial charge in [-0.25, -0.2) is 4.98 Å². The lowest BCUT2D eigenvalue weighted by molar-refractivity contribution is 0.485. The summed E-state index contributed by atoms with van der Waals surface area (Å²) >= 11 is 0. The van der Waals surface area contributed by atoms with Gasteiger partial charge >= 0.3 is 0 Å². The SMILES string of the molecule is CN=C(NCc1coc(-c2ccccc2)n1)N1CCC(c2ccccc2)C1. The Hall–Kier alpha value is -3.08. The molecule has 1 saturated heterocycles. The lowest BCUT2D eigenvalue weighted by Gasteiger charge is -2.21. The van der Waals surface area contributed by atoms with Gasteiger partial charge in [-0.15, -0.1) is 0 Å². The van der Waals surface area contributed by atoms with Gasteiger partial charge in [-0.05, 0) is 24.1 Å². The third kappa shape index (κ3) is 4.03. The van der Waals surface area contributed by atoms with E-state index >= 15 is 0 Å². The molecular weight excluding hydrogens is 336 g/mol. The van der Waals surface area contributed by atoms with Gasteiger partial charge in [0.25, 0.3) is 0 Å². The van der Waals surface area contributed by atoms with E-state index in [0.29, 0.717) is 18.4 Å². The largest absolute Gasteiger partial charge is 0.444 e. The van der Waals surface area contributed by atoms with Crippen molar-refractivity contribution in [2.24, 2.45) is 4.99 Å². The Morgan fingerprint density at radius 2 is 1.89 bits per heavy atom. The molecule has 1 atom stereocenters. The highest BCUT2D eigenvalue weighted by molar-refractivity contribution is 5.80. The van der Waals surface area contributed by atoms with Gasteiger partial charge in [0.2, 0.25) is 5.89 Å². The maximum atomic E-state index is 5.61. The summed E-state index contributed by atoms with van der Waals surface area (Å²) < 4.78 is 5.61. The maximum Gasteiger partial charge on any atom is 0.226 e. The van der Waals surface area contributed by atoms with E-state index in [9.17, 15) is 0 Å². The number of oxazole rings is 1. The van der Waals surface area contributed by atoms with E-state index in [1.165, 1.54) is 5.56 Å². The number of benzene rings is 2. The second kappa shape index (κ2) is 8.08. The lowest BCUT2D eigenvalue weighted by Crippen LogP contribution is -2.39. The molecule has 2 heterocycles. The van der Waals surface area contributed by atoms with E-state index in [1.54, 1.807) is 6.26 Å². The molecule has 3 aromatic rings. The Kier molecular flexibility index (Phi) is 5.19. The number of nitrogens with one attached hydrogen (secondary N) is 1. The van der Waals surface area contributed by atoms with Gasteiger partial charge in [-0.3, -0.25) is 4.99 Å². The first-order chi connectivity index (χ1) is 13.3. The Morgan fingerprint density at radius 3 is 2.63 bits per heavy atom. The summed E-state index contributed by atoms with van der Waals surface area (Å²) in [5, 5.41) is 3.42. The number of hydrogen-bond acceptors (Lipinski definition) is 3. The molecule has 0 aliphatic carbocycles. The molecule has 0 amide bonds. The quantitative estimate of drug-likeness (QED) is 0.566. The van der Waals surface area contributed by atoms with Crippen molar-refractivity contribution in [1.82, 2.24) is 15.2 Å². The highest BCUT2D eigenvalue weighted by Crippen LogP contribution is 2.27. The molecule has 1 N–H and O–H groups in total. The molecule has 1 aliphatic heterocycles. The minimum absolute atomic E-state index is 0.557. The van der Waals surface area contributed by atoms with Crippen molar-refractivity contribution in [3.05, 3.63) is 78.2 Å². The van der Waals surface area contributed by atoms with Crippen molar-refractivity contribution in [2.45, 2.75) is 18.9 Å². The van der Waals surface area contributed by atoms with Crippen LogP contribution >= 0.6 is 0 Å². The molecule has 1 fully saturated rings. The summed E-state index contributed by atoms with van der Waals surface area (Å²) in [5.41, 5.74) is 3.26. The summed E-state index contributed by atoms with van der Waals surface area (Å²) in [4.78, 5) is 11.3. The van der Waals surface area contributed by atoms with E-state index in [0.717, 1.165) is 36.7 Å². The molecule has 1 aliphatic rings. The predicted octanol–water partition coefficient (Wildman–Crippen LogP) is 3.91. The van der Waals surface area contributed by atoms with Crippen LogP contribution in [0.15, 0.2) is 76.3 Å². The van der Waals surface area contributed by atoms with Crippen molar-refractivity contribution in [1.29, 1.82) is 0 Å². The number of aromatic nitrogens is 1. The average Bonchev–Trinajstić information content (AvgIpc) is 3.40. The summed E-state index contributed by atoms with van der Waals surface area (Å²) in [5.74, 6) is 2.12. The molecule has 138 valence electrons. The van der Waals surface area contributed by atoms with Crippen molar-refractivity contribution < 1.29 is 4.42 Å². The van der Waals surface area contributed by atoms with Crippen molar-refractivity contribution in [3.63, 3.8) is 0 Å². The van der Waals surface area contributed by atoms with Crippen LogP contribution in [-0.2, 0) is 6.54 Å². The Balaban J connectivity index is 1.36. The van der Waals surface area contributed by atoms with Crippen LogP contribution in [0, 0.1) is 0 Å². The third-order valence-electron chi connectivity index (χ3n) is 4.97. The monoisotopic (exact) mass is 360 g/mol. The first-order valence-corrected chi connectivity index (χ1v) is 9.34. The van der Waals surface area contributed by atoms with Crippen LogP contribution in [-0.4, -0.2) is 36.0 Å². The van der Waals surface area contributed by atoms with E-state index in [4.69, 9.17) is 4.42 Å². The molecular formula is C22H24N4O. The number of rotatable bonds is 4. The van der Waals surface area contributed by atoms with Gasteiger partial charge < -0.3 is 14.6 Å². The van der Waals surface area contributed by atoms with E-state index < -0.39 is 0 Å². The number of aliphatic imine (C=N–C) groups is 1. The first-order valence-electron chi connectivity index (χ1n) is 9.34. The zero-order chi connectivity index (χ0) is 18.5. The summed E-state index contributed by atoms with van der Waals surface area (Å²) in [7, 11) is 1.83. The van der Waals surface area contributed by atoms with Crippen molar-refractivity contribution in [2.75, 3.05) is 20.1 Å². The zero-order valence-electron chi connectivity index (χ0n) is 15.5. The third-order valence-corrected chi connectivity index (χ3v) is 4.97. The fourth-order valence-corrected chi connectivity index (χ4v) is 3.55. The predicted molar refractivity (Wildman–Crippen MR) is 108 cm³/mol. The van der Waals surface area contributed by atoms with E-state index in [2.05, 4.69) is 50.5 Å². The van der Waals surface area contributed by atoms with Crippen LogP contribution in [0.25, 0.3) is 11.5 Å². The standard InChI is InChI=1S/C22H24N4O/c1-23-22(26-13-12-19(15-26)17-8-4-2-5-9-17)24-14-20-16-27-21(25-20)18-10-6-3-7-11-18/h2-11,16,19H,12-15H2,1H3,(H,23,24). The maximum absolute atomic E-state index is 5.61. The molecule has 2 aromatic carbocycles. The van der Waals surface area contributed by atoms with Crippen LogP contribution in [0.1, 0.15) is 23.6 Å². The van der Waals surface area contributed by atoms with Gasteiger partial charge in [0.15, 0.2) is 5.96 Å². The topological polar surface area (TPSA) is 53.7 Å². The molecule has 0 radical (unpaired) electrons. The minimum atomic E-state index is 0.557. The summed E-state index contributed by atoms with van der Waals surface area (Å²) in [6.45, 7) is 2.58. The molecule has 4 rings (SSSR count). The van der Waals surface area contributed by atoms with Gasteiger partial charge in [-0.1, -0.05) is 48.5 Å². The van der Waals surface area contributed by atoms with Gasteiger partial charge in [0.05, 0.1) is 12.2 Å². The molecule has 0 spiro atoms. The molecule has 1 aromatic heterocycles. The van der Waals surface area contributed by atoms with E-state index in [-0.39, 0.29) is 0 Å². The number of nitrogens with zero attached hydrogens (tertiary/aromatic N) is 3. The summed E-state index contributed by atoms with van der Waals surface area (Å²) in [6, 6.07) is 20.7. The lowest BCUT2D eigenvalue weighted by atomic mass is 9.99. The normalized spacial score (nSPS) is 17.3. The van der Waals surface area contributed by atoms with Crippen LogP contribution in [0.4, 0.5) is 0 Å². The Morgan fingerprint density at radius 1 is 1.15 bits per heavy atom. The number of likely N-dealkylation sites (tertiary alicyclic amines) is 1. The van der Waals surface area contributed by atoms with Crippen LogP contribution < -0.4 is 5.32 Å². The Bertz CT molecular complexity index is 889. The minimum Gasteiger partial charge on any atom is -0.444 e. The molecule has 0 bridgehead atoms. The fraction of sp³-hybridized carbons (Fsp3) is 0.273. The van der Waals surface area contributed by atoms with Crippen molar-refractivity contribution >= 4 is 5.96 Å². The van der Waals surface area contributed by atoms with E-state index in [1.807, 2.05) is 37.4 Å². The van der Waals surface area contributed by atoms with Gasteiger partial charge in [0.1, 0.15) is 6.26 Å². The van der Waals surface area contributed by atoms with Crippen LogP contribution in [0.2, 0.25) is 0 Å². The molecule has 5 heteroatoms. The fourth-order valence-electron chi connectivity index (χ4n) is 3.55. The highest BCUT2D eigenvalue weighted by Gasteiger charge is 2.25. The first kappa shape index (κ1) is 17.3. The zero-order valence-corrected chi connectivity index (χ0v) is 15.5. The molecule has 1 unspecified atom stereocenters. The van der Waals surface area contributed by atoms with Crippen molar-refractivity contribution in [3.8, 4) is 11.5 Å². The van der Waals surface area contributed by atoms with Crippen LogP contribution in [0.5, 0.6) is 0 Å². The second-order valence-corrected chi connectivity index (χ2v) is 6.75. The number of guanidine groups is 1. The average molecular weight is 360 g/mol. The smallest absolute Gasteiger partial charge is 0.226 e.